The molecule has 2 heterocycles. The summed E-state index contributed by atoms with van der Waals surface area (Å²) in [5.74, 6) is 0. The van der Waals surface area contributed by atoms with Crippen LogP contribution < -0.4 is 0 Å². The summed E-state index contributed by atoms with van der Waals surface area (Å²) in [5.41, 5.74) is 1.90. The predicted molar refractivity (Wildman–Crippen MR) is 112 cm³/mol. The van der Waals surface area contributed by atoms with Crippen molar-refractivity contribution in [1.29, 1.82) is 0 Å². The Hall–Kier alpha value is -1.63. The van der Waals surface area contributed by atoms with Crippen LogP contribution in [0, 0.1) is 0 Å². The highest BCUT2D eigenvalue weighted by atomic mass is 32.3. The van der Waals surface area contributed by atoms with Crippen molar-refractivity contribution >= 4 is 53.0 Å². The molecule has 1 aliphatic rings. The standard InChI is InChI=1S/C20H20N2OS3/c23-26(14-8-2-1-3-9-14,19-21-15-10-4-6-12-17(15)24-19)20-22-16-11-5-7-13-18(16)25-20/h4-7,10-14,26H,1-3,8-9H2. The summed E-state index contributed by atoms with van der Waals surface area (Å²) in [7, 11) is -2.83. The van der Waals surface area contributed by atoms with Crippen LogP contribution in [0.3, 0.4) is 0 Å². The lowest BCUT2D eigenvalue weighted by molar-refractivity contribution is 0.499. The number of benzene rings is 2. The molecule has 1 aliphatic carbocycles. The van der Waals surface area contributed by atoms with Gasteiger partial charge < -0.3 is 0 Å². The van der Waals surface area contributed by atoms with E-state index in [4.69, 9.17) is 9.97 Å². The van der Waals surface area contributed by atoms with Gasteiger partial charge in [0.05, 0.1) is 20.4 Å². The topological polar surface area (TPSA) is 42.9 Å². The lowest BCUT2D eigenvalue weighted by Crippen LogP contribution is -2.31. The Morgan fingerprint density at radius 3 is 1.77 bits per heavy atom. The quantitative estimate of drug-likeness (QED) is 0.450. The molecule has 0 radical (unpaired) electrons. The molecule has 6 heteroatoms. The molecule has 134 valence electrons. The van der Waals surface area contributed by atoms with Crippen molar-refractivity contribution in [2.45, 2.75) is 46.0 Å². The van der Waals surface area contributed by atoms with E-state index in [2.05, 4.69) is 12.1 Å². The maximum atomic E-state index is 14.6. The second-order valence-corrected chi connectivity index (χ2v) is 12.4. The molecular formula is C20H20N2OS3. The Morgan fingerprint density at radius 2 is 1.27 bits per heavy atom. The number of hydrogen-bond acceptors (Lipinski definition) is 5. The third kappa shape index (κ3) is 2.63. The first-order chi connectivity index (χ1) is 12.7. The van der Waals surface area contributed by atoms with Crippen LogP contribution in [0.15, 0.2) is 57.2 Å². The van der Waals surface area contributed by atoms with Crippen molar-refractivity contribution in [3.8, 4) is 0 Å². The maximum absolute atomic E-state index is 14.6. The number of aromatic nitrogens is 2. The third-order valence-electron chi connectivity index (χ3n) is 5.22. The van der Waals surface area contributed by atoms with E-state index < -0.39 is 9.93 Å². The molecule has 1 saturated carbocycles. The van der Waals surface area contributed by atoms with E-state index in [1.54, 1.807) is 22.7 Å². The molecule has 2 aromatic carbocycles. The van der Waals surface area contributed by atoms with Crippen LogP contribution in [0.1, 0.15) is 32.1 Å². The van der Waals surface area contributed by atoms with Crippen molar-refractivity contribution in [3.05, 3.63) is 48.5 Å². The Labute approximate surface area is 161 Å². The van der Waals surface area contributed by atoms with Crippen molar-refractivity contribution in [1.82, 2.24) is 9.97 Å². The lowest BCUT2D eigenvalue weighted by Gasteiger charge is -2.32. The Kier molecular flexibility index (Phi) is 4.14. The average Bonchev–Trinajstić information content (AvgIpc) is 3.32. The fourth-order valence-corrected chi connectivity index (χ4v) is 10.9. The van der Waals surface area contributed by atoms with Crippen LogP contribution in [-0.2, 0) is 9.93 Å². The zero-order valence-corrected chi connectivity index (χ0v) is 16.8. The highest BCUT2D eigenvalue weighted by Gasteiger charge is 2.37. The smallest absolute Gasteiger partial charge is 0.164 e. The predicted octanol–water partition coefficient (Wildman–Crippen LogP) is 5.67. The van der Waals surface area contributed by atoms with Gasteiger partial charge in [0, 0.05) is 5.25 Å². The summed E-state index contributed by atoms with van der Waals surface area (Å²) in [4.78, 5) is 9.66. The van der Waals surface area contributed by atoms with Gasteiger partial charge in [0.1, 0.15) is 0 Å². The zero-order chi connectivity index (χ0) is 17.6. The van der Waals surface area contributed by atoms with Gasteiger partial charge in [0.25, 0.3) is 0 Å². The Bertz CT molecular complexity index is 980. The highest BCUT2D eigenvalue weighted by molar-refractivity contribution is 8.06. The van der Waals surface area contributed by atoms with Crippen molar-refractivity contribution in [2.75, 3.05) is 0 Å². The Morgan fingerprint density at radius 1 is 0.769 bits per heavy atom. The summed E-state index contributed by atoms with van der Waals surface area (Å²) < 4.78 is 18.4. The molecule has 5 rings (SSSR count). The van der Waals surface area contributed by atoms with Crippen LogP contribution >= 0.6 is 22.7 Å². The van der Waals surface area contributed by atoms with Gasteiger partial charge in [-0.1, -0.05) is 43.5 Å². The van der Waals surface area contributed by atoms with Gasteiger partial charge >= 0.3 is 0 Å². The SMILES string of the molecule is O=[SH](c1nc2ccccc2s1)(c1nc2ccccc2s1)C1CCCCC1. The van der Waals surface area contributed by atoms with Crippen LogP contribution in [0.2, 0.25) is 0 Å². The van der Waals surface area contributed by atoms with Gasteiger partial charge in [-0.15, -0.1) is 22.7 Å². The summed E-state index contributed by atoms with van der Waals surface area (Å²) >= 11 is 3.19. The lowest BCUT2D eigenvalue weighted by atomic mass is 10.0. The van der Waals surface area contributed by atoms with Crippen LogP contribution in [0.25, 0.3) is 20.4 Å². The first-order valence-corrected chi connectivity index (χ1v) is 12.5. The van der Waals surface area contributed by atoms with E-state index in [9.17, 15) is 4.21 Å². The molecule has 0 N–H and O–H groups in total. The van der Waals surface area contributed by atoms with Gasteiger partial charge in [0.2, 0.25) is 0 Å². The van der Waals surface area contributed by atoms with Crippen LogP contribution in [-0.4, -0.2) is 19.4 Å². The molecule has 0 amide bonds. The fraction of sp³-hybridized carbons (Fsp3) is 0.300. The summed E-state index contributed by atoms with van der Waals surface area (Å²) in [6, 6.07) is 16.2. The van der Waals surface area contributed by atoms with Crippen LogP contribution in [0.5, 0.6) is 0 Å². The summed E-state index contributed by atoms with van der Waals surface area (Å²) in [5, 5.41) is 0.178. The van der Waals surface area contributed by atoms with E-state index in [0.29, 0.717) is 0 Å². The van der Waals surface area contributed by atoms with Gasteiger partial charge in [-0.25, -0.2) is 9.97 Å². The number of thiol groups is 1. The zero-order valence-electron chi connectivity index (χ0n) is 14.3. The molecule has 0 aliphatic heterocycles. The fourth-order valence-electron chi connectivity index (χ4n) is 3.84. The first-order valence-electron chi connectivity index (χ1n) is 9.07. The number of fused-ring (bicyclic) bond motifs is 2. The van der Waals surface area contributed by atoms with E-state index in [1.165, 1.54) is 6.42 Å². The normalized spacial score (nSPS) is 17.1. The molecule has 0 atom stereocenters. The molecule has 2 aromatic heterocycles. The van der Waals surface area contributed by atoms with Gasteiger partial charge in [-0.05, 0) is 47.0 Å². The largest absolute Gasteiger partial charge is 0.271 e. The van der Waals surface area contributed by atoms with E-state index >= 15 is 0 Å². The molecule has 26 heavy (non-hydrogen) atoms. The third-order valence-corrected chi connectivity index (χ3v) is 12.0. The number of nitrogens with zero attached hydrogens (tertiary/aromatic N) is 2. The van der Waals surface area contributed by atoms with Crippen molar-refractivity contribution in [2.24, 2.45) is 0 Å². The Balaban J connectivity index is 1.73. The summed E-state index contributed by atoms with van der Waals surface area (Å²) in [6.45, 7) is 0. The van der Waals surface area contributed by atoms with Gasteiger partial charge in [0.15, 0.2) is 8.68 Å². The minimum Gasteiger partial charge on any atom is -0.271 e. The first kappa shape index (κ1) is 16.5. The number of rotatable bonds is 3. The maximum Gasteiger partial charge on any atom is 0.164 e. The molecule has 0 saturated heterocycles. The second kappa shape index (κ2) is 6.51. The van der Waals surface area contributed by atoms with Crippen molar-refractivity contribution in [3.63, 3.8) is 0 Å². The molecule has 0 unspecified atom stereocenters. The van der Waals surface area contributed by atoms with Crippen LogP contribution in [0.4, 0.5) is 0 Å². The molecule has 3 nitrogen and oxygen atoms in total. The minimum atomic E-state index is -2.83. The summed E-state index contributed by atoms with van der Waals surface area (Å²) in [6.07, 6.45) is 5.59. The highest BCUT2D eigenvalue weighted by Crippen LogP contribution is 2.44. The minimum absolute atomic E-state index is 0.178. The van der Waals surface area contributed by atoms with Gasteiger partial charge in [-0.2, -0.15) is 0 Å². The second-order valence-electron chi connectivity index (χ2n) is 6.88. The molecule has 0 spiro atoms. The molecule has 1 fully saturated rings. The van der Waals surface area contributed by atoms with Gasteiger partial charge in [-0.3, -0.25) is 4.21 Å². The van der Waals surface area contributed by atoms with E-state index in [0.717, 1.165) is 54.8 Å². The number of thiazole rings is 2. The van der Waals surface area contributed by atoms with E-state index in [-0.39, 0.29) is 5.25 Å². The van der Waals surface area contributed by atoms with E-state index in [1.807, 2.05) is 36.4 Å². The molecule has 0 bridgehead atoms. The average molecular weight is 401 g/mol. The number of para-hydroxylation sites is 2. The number of hydrogen-bond donors (Lipinski definition) is 1. The monoisotopic (exact) mass is 400 g/mol. The molecule has 4 aromatic rings. The molecular weight excluding hydrogens is 380 g/mol. The van der Waals surface area contributed by atoms with Crippen molar-refractivity contribution < 1.29 is 4.21 Å².